The topological polar surface area (TPSA) is 29.5 Å². The fourth-order valence-corrected chi connectivity index (χ4v) is 5.33. The number of rotatable bonds is 7. The highest BCUT2D eigenvalue weighted by Gasteiger charge is 2.23. The second-order valence-electron chi connectivity index (χ2n) is 6.54. The molecule has 5 heteroatoms. The van der Waals surface area contributed by atoms with E-state index in [1.807, 2.05) is 52.3 Å². The van der Waals surface area contributed by atoms with Gasteiger partial charge in [0.15, 0.2) is 0 Å². The molecule has 1 fully saturated rings. The summed E-state index contributed by atoms with van der Waals surface area (Å²) in [5.74, 6) is 1.98. The molecule has 1 unspecified atom stereocenters. The Morgan fingerprint density at radius 2 is 2.04 bits per heavy atom. The molecule has 140 valence electrons. The first kappa shape index (κ1) is 19.3. The maximum absolute atomic E-state index is 12.8. The number of thiophene rings is 1. The monoisotopic (exact) mass is 389 g/mol. The summed E-state index contributed by atoms with van der Waals surface area (Å²) in [7, 11) is 0. The Balaban J connectivity index is 1.53. The minimum absolute atomic E-state index is 0.134. The number of carbonyl (C=O) groups excluding carboxylic acids is 1. The van der Waals surface area contributed by atoms with Crippen LogP contribution in [0.5, 0.6) is 5.75 Å². The Labute approximate surface area is 164 Å². The molecule has 3 nitrogen and oxygen atoms in total. The van der Waals surface area contributed by atoms with E-state index in [1.165, 1.54) is 17.7 Å². The maximum Gasteiger partial charge on any atom is 0.253 e. The third-order valence-corrected chi connectivity index (χ3v) is 7.05. The van der Waals surface area contributed by atoms with Crippen molar-refractivity contribution in [2.75, 3.05) is 25.4 Å². The van der Waals surface area contributed by atoms with Crippen molar-refractivity contribution in [3.05, 3.63) is 52.2 Å². The zero-order valence-electron chi connectivity index (χ0n) is 15.4. The quantitative estimate of drug-likeness (QED) is 0.574. The highest BCUT2D eigenvalue weighted by Crippen LogP contribution is 2.36. The molecule has 1 aliphatic heterocycles. The fraction of sp³-hybridized carbons (Fsp3) is 0.476. The van der Waals surface area contributed by atoms with Gasteiger partial charge in [0.1, 0.15) is 5.75 Å². The zero-order valence-corrected chi connectivity index (χ0v) is 17.0. The van der Waals surface area contributed by atoms with Gasteiger partial charge in [-0.1, -0.05) is 25.8 Å². The molecule has 2 aromatic rings. The van der Waals surface area contributed by atoms with Crippen LogP contribution < -0.4 is 4.74 Å². The van der Waals surface area contributed by atoms with Gasteiger partial charge in [0.05, 0.1) is 6.61 Å². The second-order valence-corrected chi connectivity index (χ2v) is 8.83. The molecule has 1 aromatic carbocycles. The van der Waals surface area contributed by atoms with Crippen molar-refractivity contribution < 1.29 is 9.53 Å². The number of ether oxygens (including phenoxy) is 1. The Hall–Kier alpha value is -1.46. The molecule has 1 amide bonds. The summed E-state index contributed by atoms with van der Waals surface area (Å²) in [6.07, 6.45) is 4.48. The van der Waals surface area contributed by atoms with Gasteiger partial charge in [0.25, 0.3) is 5.91 Å². The third kappa shape index (κ3) is 5.27. The van der Waals surface area contributed by atoms with Crippen molar-refractivity contribution in [1.29, 1.82) is 0 Å². The molecular formula is C21H27NO2S2. The van der Waals surface area contributed by atoms with Gasteiger partial charge in [0, 0.05) is 34.5 Å². The third-order valence-electron chi connectivity index (χ3n) is 4.61. The van der Waals surface area contributed by atoms with Crippen LogP contribution in [-0.2, 0) is 0 Å². The molecule has 0 bridgehead atoms. The lowest BCUT2D eigenvalue weighted by molar-refractivity contribution is 0.0766. The number of unbranched alkanes of at least 4 members (excludes halogenated alkanes) is 2. The van der Waals surface area contributed by atoms with Crippen LogP contribution >= 0.6 is 23.1 Å². The Kier molecular flexibility index (Phi) is 7.44. The molecule has 0 spiro atoms. The lowest BCUT2D eigenvalue weighted by Crippen LogP contribution is -2.32. The van der Waals surface area contributed by atoms with E-state index < -0.39 is 0 Å². The van der Waals surface area contributed by atoms with E-state index in [4.69, 9.17) is 4.74 Å². The normalized spacial score (nSPS) is 17.7. The molecule has 1 aliphatic rings. The van der Waals surface area contributed by atoms with Crippen molar-refractivity contribution >= 4 is 29.0 Å². The van der Waals surface area contributed by atoms with Crippen molar-refractivity contribution in [2.45, 2.75) is 37.9 Å². The summed E-state index contributed by atoms with van der Waals surface area (Å²) < 4.78 is 5.74. The number of nitrogens with zero attached hydrogens (tertiary/aromatic N) is 1. The number of hydrogen-bond donors (Lipinski definition) is 0. The van der Waals surface area contributed by atoms with Gasteiger partial charge in [-0.15, -0.1) is 11.3 Å². The molecule has 1 aromatic heterocycles. The summed E-state index contributed by atoms with van der Waals surface area (Å²) in [5, 5.41) is 2.65. The van der Waals surface area contributed by atoms with Gasteiger partial charge in [-0.2, -0.15) is 11.8 Å². The Bertz CT molecular complexity index is 670. The summed E-state index contributed by atoms with van der Waals surface area (Å²) in [6.45, 7) is 4.57. The highest BCUT2D eigenvalue weighted by molar-refractivity contribution is 7.99. The summed E-state index contributed by atoms with van der Waals surface area (Å²) in [5.41, 5.74) is 0.755. The van der Waals surface area contributed by atoms with E-state index in [9.17, 15) is 4.79 Å². The lowest BCUT2D eigenvalue weighted by atomic mass is 10.1. The molecule has 26 heavy (non-hydrogen) atoms. The molecule has 0 N–H and O–H groups in total. The standard InChI is InChI=1S/C21H27NO2S2/c1-2-3-4-14-24-18-9-7-17(8-10-18)21(23)22-12-11-20(26-16-13-22)19-6-5-15-25-19/h5-10,15,20H,2-4,11-14,16H2,1H3. The molecule has 3 rings (SSSR count). The largest absolute Gasteiger partial charge is 0.494 e. The fourth-order valence-electron chi connectivity index (χ4n) is 3.09. The van der Waals surface area contributed by atoms with Gasteiger partial charge in [-0.25, -0.2) is 0 Å². The second kappa shape index (κ2) is 10.0. The van der Waals surface area contributed by atoms with Crippen molar-refractivity contribution in [2.24, 2.45) is 0 Å². The maximum atomic E-state index is 12.8. The Morgan fingerprint density at radius 3 is 2.77 bits per heavy atom. The minimum atomic E-state index is 0.134. The van der Waals surface area contributed by atoms with Crippen LogP contribution in [0.3, 0.4) is 0 Å². The number of carbonyl (C=O) groups is 1. The Morgan fingerprint density at radius 1 is 1.19 bits per heavy atom. The molecular weight excluding hydrogens is 362 g/mol. The van der Waals surface area contributed by atoms with Crippen LogP contribution in [0.25, 0.3) is 0 Å². The van der Waals surface area contributed by atoms with Gasteiger partial charge >= 0.3 is 0 Å². The minimum Gasteiger partial charge on any atom is -0.494 e. The molecule has 1 atom stereocenters. The van der Waals surface area contributed by atoms with E-state index >= 15 is 0 Å². The van der Waals surface area contributed by atoms with Crippen LogP contribution in [0.2, 0.25) is 0 Å². The van der Waals surface area contributed by atoms with Crippen molar-refractivity contribution in [3.63, 3.8) is 0 Å². The average Bonchev–Trinajstić information content (AvgIpc) is 3.10. The first-order valence-corrected chi connectivity index (χ1v) is 11.4. The lowest BCUT2D eigenvalue weighted by Gasteiger charge is -2.20. The zero-order chi connectivity index (χ0) is 18.2. The molecule has 2 heterocycles. The molecule has 1 saturated heterocycles. The van der Waals surface area contributed by atoms with Crippen LogP contribution in [0.1, 0.15) is 53.1 Å². The first-order valence-electron chi connectivity index (χ1n) is 9.45. The number of thioether (sulfide) groups is 1. The smallest absolute Gasteiger partial charge is 0.253 e. The van der Waals surface area contributed by atoms with Gasteiger partial charge in [-0.3, -0.25) is 4.79 Å². The van der Waals surface area contributed by atoms with Crippen LogP contribution in [-0.4, -0.2) is 36.3 Å². The van der Waals surface area contributed by atoms with Gasteiger partial charge < -0.3 is 9.64 Å². The number of amides is 1. The number of hydrogen-bond acceptors (Lipinski definition) is 4. The molecule has 0 saturated carbocycles. The SMILES string of the molecule is CCCCCOc1ccc(C(=O)N2CCSC(c3cccs3)CC2)cc1. The van der Waals surface area contributed by atoms with Crippen LogP contribution in [0.4, 0.5) is 0 Å². The summed E-state index contributed by atoms with van der Waals surface area (Å²) >= 11 is 3.79. The van der Waals surface area contributed by atoms with E-state index in [2.05, 4.69) is 24.4 Å². The van der Waals surface area contributed by atoms with Crippen molar-refractivity contribution in [1.82, 2.24) is 4.90 Å². The predicted octanol–water partition coefficient (Wildman–Crippen LogP) is 5.64. The van der Waals surface area contributed by atoms with Crippen LogP contribution in [0.15, 0.2) is 41.8 Å². The van der Waals surface area contributed by atoms with E-state index in [0.717, 1.165) is 49.6 Å². The van der Waals surface area contributed by atoms with Gasteiger partial charge in [-0.05, 0) is 48.6 Å². The van der Waals surface area contributed by atoms with Gasteiger partial charge in [0.2, 0.25) is 0 Å². The van der Waals surface area contributed by atoms with E-state index in [0.29, 0.717) is 5.25 Å². The average molecular weight is 390 g/mol. The highest BCUT2D eigenvalue weighted by atomic mass is 32.2. The first-order chi connectivity index (χ1) is 12.8. The molecule has 0 radical (unpaired) electrons. The van der Waals surface area contributed by atoms with E-state index in [-0.39, 0.29) is 5.91 Å². The van der Waals surface area contributed by atoms with Crippen molar-refractivity contribution in [3.8, 4) is 5.75 Å². The van der Waals surface area contributed by atoms with Crippen LogP contribution in [0, 0.1) is 0 Å². The number of benzene rings is 1. The van der Waals surface area contributed by atoms with E-state index in [1.54, 1.807) is 0 Å². The summed E-state index contributed by atoms with van der Waals surface area (Å²) in [4.78, 5) is 16.3. The predicted molar refractivity (Wildman–Crippen MR) is 112 cm³/mol. The summed E-state index contributed by atoms with van der Waals surface area (Å²) in [6, 6.07) is 11.9. The molecule has 0 aliphatic carbocycles.